The lowest BCUT2D eigenvalue weighted by atomic mass is 10.2. The number of nitrogens with one attached hydrogen (secondary N) is 1. The van der Waals surface area contributed by atoms with Crippen LogP contribution in [0.4, 0.5) is 5.69 Å². The molecule has 1 saturated heterocycles. The van der Waals surface area contributed by atoms with Crippen LogP contribution in [0.2, 0.25) is 0 Å². The van der Waals surface area contributed by atoms with Crippen molar-refractivity contribution in [2.24, 2.45) is 0 Å². The Balaban J connectivity index is 2.04. The molecule has 1 unspecified atom stereocenters. The molecule has 18 heavy (non-hydrogen) atoms. The number of aromatic carboxylic acids is 1. The van der Waals surface area contributed by atoms with Gasteiger partial charge >= 0.3 is 5.97 Å². The highest BCUT2D eigenvalue weighted by molar-refractivity contribution is 9.10. The van der Waals surface area contributed by atoms with Gasteiger partial charge in [-0.3, -0.25) is 0 Å². The minimum atomic E-state index is -0.907. The van der Waals surface area contributed by atoms with E-state index in [0.717, 1.165) is 12.3 Å². The Hall–Kier alpha value is -0.330. The maximum absolute atomic E-state index is 11.2. The van der Waals surface area contributed by atoms with Crippen LogP contribution in [0.15, 0.2) is 22.7 Å². The Bertz CT molecular complexity index is 436. The molecule has 0 radical (unpaired) electrons. The van der Waals surface area contributed by atoms with Gasteiger partial charge in [0.2, 0.25) is 0 Å². The van der Waals surface area contributed by atoms with E-state index in [1.807, 2.05) is 35.7 Å². The average molecular weight is 348 g/mol. The summed E-state index contributed by atoms with van der Waals surface area (Å²) in [5, 5.41) is 13.0. The number of hydrogen-bond acceptors (Lipinski definition) is 4. The van der Waals surface area contributed by atoms with E-state index in [9.17, 15) is 9.90 Å². The number of carbonyl (C=O) groups is 1. The van der Waals surface area contributed by atoms with E-state index in [1.165, 1.54) is 11.5 Å². The van der Waals surface area contributed by atoms with E-state index in [4.69, 9.17) is 0 Å². The molecule has 6 heteroatoms. The highest BCUT2D eigenvalue weighted by Gasteiger charge is 2.17. The zero-order valence-electron chi connectivity index (χ0n) is 9.69. The number of halogens is 1. The van der Waals surface area contributed by atoms with Crippen molar-refractivity contribution < 1.29 is 9.90 Å². The van der Waals surface area contributed by atoms with Gasteiger partial charge in [0.25, 0.3) is 0 Å². The molecule has 1 aromatic rings. The maximum Gasteiger partial charge on any atom is 0.338 e. The van der Waals surface area contributed by atoms with Crippen LogP contribution in [-0.2, 0) is 0 Å². The normalized spacial score (nSPS) is 19.5. The average Bonchev–Trinajstić information content (AvgIpc) is 2.37. The number of benzene rings is 1. The maximum atomic E-state index is 11.2. The lowest BCUT2D eigenvalue weighted by molar-refractivity contribution is 0.0697. The molecule has 1 heterocycles. The summed E-state index contributed by atoms with van der Waals surface area (Å²) in [6, 6.07) is 5.41. The summed E-state index contributed by atoms with van der Waals surface area (Å²) < 4.78 is 0.616. The van der Waals surface area contributed by atoms with Gasteiger partial charge in [-0.2, -0.15) is 23.5 Å². The predicted molar refractivity (Wildman–Crippen MR) is 83.2 cm³/mol. The van der Waals surface area contributed by atoms with E-state index >= 15 is 0 Å². The molecule has 1 atom stereocenters. The minimum Gasteiger partial charge on any atom is -0.478 e. The van der Waals surface area contributed by atoms with Crippen molar-refractivity contribution in [1.29, 1.82) is 0 Å². The summed E-state index contributed by atoms with van der Waals surface area (Å²) in [4.78, 5) is 11.2. The fourth-order valence-electron chi connectivity index (χ4n) is 1.77. The molecule has 0 bridgehead atoms. The number of carboxylic acid groups (broad SMARTS) is 1. The fraction of sp³-hybridized carbons (Fsp3) is 0.417. The third kappa shape index (κ3) is 3.59. The van der Waals surface area contributed by atoms with Gasteiger partial charge in [0.1, 0.15) is 0 Å². The number of carboxylic acids is 1. The summed E-state index contributed by atoms with van der Waals surface area (Å²) in [5.74, 6) is 2.63. The predicted octanol–water partition coefficient (Wildman–Crippen LogP) is 3.41. The second kappa shape index (κ2) is 6.73. The molecule has 98 valence electrons. The topological polar surface area (TPSA) is 49.3 Å². The van der Waals surface area contributed by atoms with Crippen LogP contribution in [0.1, 0.15) is 10.4 Å². The van der Waals surface area contributed by atoms with Gasteiger partial charge in [-0.05, 0) is 28.1 Å². The Morgan fingerprint density at radius 1 is 1.50 bits per heavy atom. The second-order valence-electron chi connectivity index (χ2n) is 3.92. The summed E-state index contributed by atoms with van der Waals surface area (Å²) >= 11 is 7.21. The SMILES string of the molecule is O=C(O)c1c(Br)cccc1NCC1CSCCS1. The zero-order valence-corrected chi connectivity index (χ0v) is 12.9. The molecule has 1 aromatic carbocycles. The highest BCUT2D eigenvalue weighted by atomic mass is 79.9. The molecule has 0 amide bonds. The first-order valence-electron chi connectivity index (χ1n) is 5.63. The first kappa shape index (κ1) is 14.1. The zero-order chi connectivity index (χ0) is 13.0. The van der Waals surface area contributed by atoms with E-state index in [0.29, 0.717) is 21.0 Å². The van der Waals surface area contributed by atoms with Gasteiger partial charge in [0.15, 0.2) is 0 Å². The van der Waals surface area contributed by atoms with Gasteiger partial charge in [-0.15, -0.1) is 0 Å². The molecule has 2 N–H and O–H groups in total. The van der Waals surface area contributed by atoms with Crippen LogP contribution in [0, 0.1) is 0 Å². The van der Waals surface area contributed by atoms with Crippen LogP contribution >= 0.6 is 39.5 Å². The lowest BCUT2D eigenvalue weighted by Gasteiger charge is -2.22. The number of thioether (sulfide) groups is 2. The standard InChI is InChI=1S/C12H14BrNO2S2/c13-9-2-1-3-10(11(9)12(15)16)14-6-8-7-17-4-5-18-8/h1-3,8,14H,4-7H2,(H,15,16). The van der Waals surface area contributed by atoms with Gasteiger partial charge in [0, 0.05) is 39.2 Å². The molecule has 3 nitrogen and oxygen atoms in total. The quantitative estimate of drug-likeness (QED) is 0.873. The molecule has 1 aliphatic heterocycles. The minimum absolute atomic E-state index is 0.311. The van der Waals surface area contributed by atoms with Crippen LogP contribution < -0.4 is 5.32 Å². The first-order chi connectivity index (χ1) is 8.68. The van der Waals surface area contributed by atoms with Crippen molar-refractivity contribution in [3.05, 3.63) is 28.2 Å². The molecule has 0 aliphatic carbocycles. The van der Waals surface area contributed by atoms with Crippen molar-refractivity contribution in [2.45, 2.75) is 5.25 Å². The molecule has 1 aliphatic rings. The third-order valence-electron chi connectivity index (χ3n) is 2.63. The van der Waals surface area contributed by atoms with Crippen molar-refractivity contribution >= 4 is 51.1 Å². The molecule has 0 saturated carbocycles. The van der Waals surface area contributed by atoms with Gasteiger partial charge in [0.05, 0.1) is 5.56 Å². The number of rotatable bonds is 4. The van der Waals surface area contributed by atoms with Gasteiger partial charge < -0.3 is 10.4 Å². The van der Waals surface area contributed by atoms with Crippen LogP contribution in [-0.4, -0.2) is 40.1 Å². The summed E-state index contributed by atoms with van der Waals surface area (Å²) in [6.45, 7) is 0.814. The van der Waals surface area contributed by atoms with Gasteiger partial charge in [-0.1, -0.05) is 6.07 Å². The molecular formula is C12H14BrNO2S2. The van der Waals surface area contributed by atoms with Crippen molar-refractivity contribution in [3.8, 4) is 0 Å². The van der Waals surface area contributed by atoms with Crippen molar-refractivity contribution in [3.63, 3.8) is 0 Å². The summed E-state index contributed by atoms with van der Waals surface area (Å²) in [5.41, 5.74) is 0.999. The Labute approximate surface area is 123 Å². The van der Waals surface area contributed by atoms with E-state index < -0.39 is 5.97 Å². The molecule has 1 fully saturated rings. The smallest absolute Gasteiger partial charge is 0.338 e. The Morgan fingerprint density at radius 2 is 2.33 bits per heavy atom. The van der Waals surface area contributed by atoms with Crippen LogP contribution in [0.3, 0.4) is 0 Å². The second-order valence-corrected chi connectivity index (χ2v) is 7.33. The van der Waals surface area contributed by atoms with E-state index in [2.05, 4.69) is 21.2 Å². The molecule has 0 aromatic heterocycles. The lowest BCUT2D eigenvalue weighted by Crippen LogP contribution is -2.24. The Kier molecular flexibility index (Phi) is 5.26. The molecule has 2 rings (SSSR count). The molecule has 0 spiro atoms. The van der Waals surface area contributed by atoms with Crippen LogP contribution in [0.25, 0.3) is 0 Å². The fourth-order valence-corrected chi connectivity index (χ4v) is 4.91. The third-order valence-corrected chi connectivity index (χ3v) is 6.14. The monoisotopic (exact) mass is 347 g/mol. The Morgan fingerprint density at radius 3 is 3.00 bits per heavy atom. The summed E-state index contributed by atoms with van der Waals surface area (Å²) in [6.07, 6.45) is 0. The van der Waals surface area contributed by atoms with Crippen molar-refractivity contribution in [2.75, 3.05) is 29.1 Å². The highest BCUT2D eigenvalue weighted by Crippen LogP contribution is 2.27. The summed E-state index contributed by atoms with van der Waals surface area (Å²) in [7, 11) is 0. The first-order valence-corrected chi connectivity index (χ1v) is 8.63. The number of anilines is 1. The van der Waals surface area contributed by atoms with Gasteiger partial charge in [-0.25, -0.2) is 4.79 Å². The molecular weight excluding hydrogens is 334 g/mol. The largest absolute Gasteiger partial charge is 0.478 e. The van der Waals surface area contributed by atoms with Crippen LogP contribution in [0.5, 0.6) is 0 Å². The van der Waals surface area contributed by atoms with E-state index in [-0.39, 0.29) is 0 Å². The number of hydrogen-bond donors (Lipinski definition) is 2. The van der Waals surface area contributed by atoms with Crippen molar-refractivity contribution in [1.82, 2.24) is 0 Å². The van der Waals surface area contributed by atoms with E-state index in [1.54, 1.807) is 6.07 Å².